The van der Waals surface area contributed by atoms with E-state index in [-0.39, 0.29) is 32.0 Å². The van der Waals surface area contributed by atoms with Crippen LogP contribution >= 0.6 is 0 Å². The molecule has 1 aromatic carbocycles. The third kappa shape index (κ3) is 4.80. The molecule has 3 N–H and O–H groups in total. The number of hydrogen-bond acceptors (Lipinski definition) is 4. The molecule has 1 heterocycles. The van der Waals surface area contributed by atoms with Crippen LogP contribution in [0, 0.1) is 13.8 Å². The highest BCUT2D eigenvalue weighted by Crippen LogP contribution is 2.15. The van der Waals surface area contributed by atoms with Gasteiger partial charge in [0.05, 0.1) is 0 Å². The lowest BCUT2D eigenvalue weighted by Gasteiger charge is -2.13. The number of carbonyl (C=O) groups excluding carboxylic acids is 4. The van der Waals surface area contributed by atoms with Crippen molar-refractivity contribution in [1.82, 2.24) is 15.5 Å². The van der Waals surface area contributed by atoms with Gasteiger partial charge in [0.1, 0.15) is 13.1 Å². The van der Waals surface area contributed by atoms with Crippen molar-refractivity contribution < 1.29 is 19.2 Å². The Labute approximate surface area is 139 Å². The zero-order valence-electron chi connectivity index (χ0n) is 13.6. The van der Waals surface area contributed by atoms with Gasteiger partial charge in [0.25, 0.3) is 0 Å². The predicted molar refractivity (Wildman–Crippen MR) is 87.3 cm³/mol. The van der Waals surface area contributed by atoms with E-state index in [0.717, 1.165) is 21.7 Å². The van der Waals surface area contributed by atoms with Crippen molar-refractivity contribution in [3.8, 4) is 0 Å². The number of aryl methyl sites for hydroxylation is 2. The summed E-state index contributed by atoms with van der Waals surface area (Å²) in [5, 5.41) is 7.43. The number of nitrogens with zero attached hydrogens (tertiary/aromatic N) is 1. The van der Waals surface area contributed by atoms with E-state index in [1.807, 2.05) is 32.0 Å². The number of imide groups is 1. The van der Waals surface area contributed by atoms with Crippen LogP contribution < -0.4 is 16.0 Å². The quantitative estimate of drug-likeness (QED) is 0.651. The average molecular weight is 332 g/mol. The third-order valence-corrected chi connectivity index (χ3v) is 3.53. The Hall–Kier alpha value is -2.90. The van der Waals surface area contributed by atoms with Gasteiger partial charge >= 0.3 is 6.03 Å². The van der Waals surface area contributed by atoms with Crippen molar-refractivity contribution in [2.24, 2.45) is 0 Å². The molecule has 0 aliphatic carbocycles. The number of amides is 5. The second kappa shape index (κ2) is 7.58. The van der Waals surface area contributed by atoms with Gasteiger partial charge in [-0.3, -0.25) is 19.7 Å². The minimum Gasteiger partial charge on any atom is -0.354 e. The number of hydrogen-bond donors (Lipinski definition) is 3. The lowest BCUT2D eigenvalue weighted by Crippen LogP contribution is -2.39. The second-order valence-corrected chi connectivity index (χ2v) is 5.68. The van der Waals surface area contributed by atoms with Gasteiger partial charge in [-0.15, -0.1) is 0 Å². The summed E-state index contributed by atoms with van der Waals surface area (Å²) in [6.07, 6.45) is 0.115. The first-order chi connectivity index (χ1) is 11.3. The molecule has 5 amide bonds. The highest BCUT2D eigenvalue weighted by atomic mass is 16.2. The average Bonchev–Trinajstić information content (AvgIpc) is 2.80. The molecule has 1 aliphatic heterocycles. The van der Waals surface area contributed by atoms with Gasteiger partial charge < -0.3 is 15.5 Å². The number of urea groups is 1. The van der Waals surface area contributed by atoms with E-state index in [2.05, 4.69) is 16.0 Å². The first-order valence-corrected chi connectivity index (χ1v) is 7.57. The Bertz CT molecular complexity index is 687. The van der Waals surface area contributed by atoms with Gasteiger partial charge in [0.15, 0.2) is 0 Å². The Balaban J connectivity index is 1.71. The molecular formula is C16H20N4O4. The van der Waals surface area contributed by atoms with Crippen LogP contribution in [0.1, 0.15) is 17.5 Å². The molecule has 2 rings (SSSR count). The van der Waals surface area contributed by atoms with Crippen LogP contribution in [-0.4, -0.2) is 48.3 Å². The van der Waals surface area contributed by atoms with Crippen molar-refractivity contribution in [3.05, 3.63) is 29.3 Å². The zero-order chi connectivity index (χ0) is 17.7. The molecule has 128 valence electrons. The minimum atomic E-state index is -0.581. The summed E-state index contributed by atoms with van der Waals surface area (Å²) < 4.78 is 0. The van der Waals surface area contributed by atoms with Gasteiger partial charge in [0.2, 0.25) is 17.7 Å². The fourth-order valence-electron chi connectivity index (χ4n) is 2.32. The number of nitrogens with one attached hydrogen (secondary N) is 3. The molecular weight excluding hydrogens is 312 g/mol. The molecule has 0 unspecified atom stereocenters. The summed E-state index contributed by atoms with van der Waals surface area (Å²) in [5.74, 6) is -1.06. The summed E-state index contributed by atoms with van der Waals surface area (Å²) in [6.45, 7) is 3.70. The Morgan fingerprint density at radius 1 is 1.21 bits per heavy atom. The van der Waals surface area contributed by atoms with Gasteiger partial charge in [0, 0.05) is 18.7 Å². The summed E-state index contributed by atoms with van der Waals surface area (Å²) in [7, 11) is 0. The van der Waals surface area contributed by atoms with E-state index < -0.39 is 17.8 Å². The van der Waals surface area contributed by atoms with Crippen LogP contribution in [0.25, 0.3) is 0 Å². The molecule has 8 heteroatoms. The number of carbonyl (C=O) groups is 4. The number of benzene rings is 1. The van der Waals surface area contributed by atoms with Gasteiger partial charge in [-0.25, -0.2) is 4.79 Å². The van der Waals surface area contributed by atoms with Crippen molar-refractivity contribution in [2.75, 3.05) is 25.0 Å². The van der Waals surface area contributed by atoms with Crippen LogP contribution in [-0.2, 0) is 14.4 Å². The maximum absolute atomic E-state index is 11.9. The monoisotopic (exact) mass is 332 g/mol. The minimum absolute atomic E-state index is 0.115. The summed E-state index contributed by atoms with van der Waals surface area (Å²) in [5.41, 5.74) is 2.82. The molecule has 0 bridgehead atoms. The largest absolute Gasteiger partial charge is 0.354 e. The number of anilines is 1. The van der Waals surface area contributed by atoms with E-state index >= 15 is 0 Å². The van der Waals surface area contributed by atoms with Gasteiger partial charge in [-0.1, -0.05) is 17.7 Å². The highest BCUT2D eigenvalue weighted by Gasteiger charge is 2.27. The number of rotatable bonds is 6. The lowest BCUT2D eigenvalue weighted by atomic mass is 10.1. The van der Waals surface area contributed by atoms with Gasteiger partial charge in [-0.2, -0.15) is 0 Å². The molecule has 0 aromatic heterocycles. The maximum Gasteiger partial charge on any atom is 0.325 e. The van der Waals surface area contributed by atoms with Gasteiger partial charge in [-0.05, 0) is 25.5 Å². The molecule has 0 radical (unpaired) electrons. The Morgan fingerprint density at radius 3 is 2.58 bits per heavy atom. The molecule has 8 nitrogen and oxygen atoms in total. The first kappa shape index (κ1) is 17.5. The second-order valence-electron chi connectivity index (χ2n) is 5.68. The van der Waals surface area contributed by atoms with E-state index in [1.54, 1.807) is 0 Å². The fourth-order valence-corrected chi connectivity index (χ4v) is 2.32. The standard InChI is InChI=1S/C16H20N4O4/c1-10-3-4-12(11(2)7-10)18-13(21)5-6-17-14(22)8-20-9-15(23)19-16(20)24/h3-4,7H,5-6,8-9H2,1-2H3,(H,17,22)(H,18,21)(H,19,23,24). The molecule has 1 saturated heterocycles. The first-order valence-electron chi connectivity index (χ1n) is 7.57. The molecule has 0 saturated carbocycles. The van der Waals surface area contributed by atoms with Crippen LogP contribution in [0.4, 0.5) is 10.5 Å². The molecule has 24 heavy (non-hydrogen) atoms. The van der Waals surface area contributed by atoms with Crippen molar-refractivity contribution in [3.63, 3.8) is 0 Å². The maximum atomic E-state index is 11.9. The summed E-state index contributed by atoms with van der Waals surface area (Å²) >= 11 is 0. The summed E-state index contributed by atoms with van der Waals surface area (Å²) in [4.78, 5) is 47.0. The zero-order valence-corrected chi connectivity index (χ0v) is 13.6. The van der Waals surface area contributed by atoms with E-state index in [0.29, 0.717) is 0 Å². The summed E-state index contributed by atoms with van der Waals surface area (Å²) in [6, 6.07) is 5.14. The van der Waals surface area contributed by atoms with Crippen LogP contribution in [0.3, 0.4) is 0 Å². The fraction of sp³-hybridized carbons (Fsp3) is 0.375. The molecule has 1 fully saturated rings. The predicted octanol–water partition coefficient (Wildman–Crippen LogP) is 0.300. The van der Waals surface area contributed by atoms with Crippen LogP contribution in [0.15, 0.2) is 18.2 Å². The topological polar surface area (TPSA) is 108 Å². The molecule has 0 atom stereocenters. The highest BCUT2D eigenvalue weighted by molar-refractivity contribution is 6.03. The van der Waals surface area contributed by atoms with E-state index in [1.165, 1.54) is 0 Å². The SMILES string of the molecule is Cc1ccc(NC(=O)CCNC(=O)CN2CC(=O)NC2=O)c(C)c1. The Morgan fingerprint density at radius 2 is 1.96 bits per heavy atom. The Kier molecular flexibility index (Phi) is 5.51. The van der Waals surface area contributed by atoms with Crippen LogP contribution in [0.5, 0.6) is 0 Å². The van der Waals surface area contributed by atoms with Crippen molar-refractivity contribution in [1.29, 1.82) is 0 Å². The van der Waals surface area contributed by atoms with E-state index in [9.17, 15) is 19.2 Å². The van der Waals surface area contributed by atoms with Crippen molar-refractivity contribution >= 4 is 29.4 Å². The van der Waals surface area contributed by atoms with Crippen molar-refractivity contribution in [2.45, 2.75) is 20.3 Å². The van der Waals surface area contributed by atoms with E-state index in [4.69, 9.17) is 0 Å². The lowest BCUT2D eigenvalue weighted by molar-refractivity contribution is -0.122. The van der Waals surface area contributed by atoms with Crippen LogP contribution in [0.2, 0.25) is 0 Å². The molecule has 1 aromatic rings. The molecule has 0 spiro atoms. The smallest absolute Gasteiger partial charge is 0.325 e. The third-order valence-electron chi connectivity index (χ3n) is 3.53. The molecule has 1 aliphatic rings. The normalized spacial score (nSPS) is 13.7.